The molecule has 0 bridgehead atoms. The van der Waals surface area contributed by atoms with Gasteiger partial charge in [-0.15, -0.1) is 0 Å². The van der Waals surface area contributed by atoms with Gasteiger partial charge in [-0.3, -0.25) is 4.79 Å². The molecule has 2 aromatic carbocycles. The van der Waals surface area contributed by atoms with E-state index in [2.05, 4.69) is 47.2 Å². The number of Topliss-reactive ketones (excluding diaryl/α,β-unsaturated/α-hetero) is 1. The first-order valence-corrected chi connectivity index (χ1v) is 10.2. The quantitative estimate of drug-likeness (QED) is 0.627. The lowest BCUT2D eigenvalue weighted by molar-refractivity contribution is -0.457. The van der Waals surface area contributed by atoms with Gasteiger partial charge < -0.3 is 10.1 Å². The van der Waals surface area contributed by atoms with E-state index in [0.717, 1.165) is 24.1 Å². The second-order valence-corrected chi connectivity index (χ2v) is 7.82. The van der Waals surface area contributed by atoms with Crippen molar-refractivity contribution in [2.45, 2.75) is 39.0 Å². The van der Waals surface area contributed by atoms with Crippen LogP contribution >= 0.6 is 0 Å². The second kappa shape index (κ2) is 8.08. The van der Waals surface area contributed by atoms with Crippen LogP contribution in [0.25, 0.3) is 10.9 Å². The highest BCUT2D eigenvalue weighted by molar-refractivity contribution is 6.20. The Bertz CT molecular complexity index is 1110. The van der Waals surface area contributed by atoms with Crippen molar-refractivity contribution in [1.29, 1.82) is 0 Å². The monoisotopic (exact) mass is 387 g/mol. The van der Waals surface area contributed by atoms with E-state index in [1.54, 1.807) is 0 Å². The van der Waals surface area contributed by atoms with E-state index in [4.69, 9.17) is 0 Å². The molecule has 1 aromatic heterocycles. The fourth-order valence-corrected chi connectivity index (χ4v) is 4.46. The van der Waals surface area contributed by atoms with E-state index < -0.39 is 0 Å². The molecule has 0 aliphatic heterocycles. The van der Waals surface area contributed by atoms with Crippen molar-refractivity contribution in [3.63, 3.8) is 0 Å². The van der Waals surface area contributed by atoms with Crippen LogP contribution in [-0.2, 0) is 11.2 Å². The van der Waals surface area contributed by atoms with Gasteiger partial charge in [-0.1, -0.05) is 48.5 Å². The van der Waals surface area contributed by atoms with Crippen molar-refractivity contribution in [2.75, 3.05) is 6.54 Å². The van der Waals surface area contributed by atoms with Crippen LogP contribution in [0.1, 0.15) is 42.5 Å². The lowest BCUT2D eigenvalue weighted by Gasteiger charge is -2.22. The van der Waals surface area contributed by atoms with Crippen molar-refractivity contribution in [1.82, 2.24) is 4.98 Å². The number of aromatic amines is 1. The standard InChI is InChI=1S/C25H26N2O2/c1-16-20(21-10-6-7-11-22(21)27-16)12-13-26-23-14-19(18-8-4-3-5-9-18)15-24(29)25(23)17(2)28/h3-11,19,27,29H,12-15H2,1-2H3/p+1/t19-/m0/s1. The molecular formula is C25H27N2O2+. The van der Waals surface area contributed by atoms with Crippen molar-refractivity contribution < 1.29 is 14.9 Å². The predicted molar refractivity (Wildman–Crippen MR) is 116 cm³/mol. The van der Waals surface area contributed by atoms with Gasteiger partial charge in [-0.2, -0.15) is 0 Å². The maximum atomic E-state index is 12.2. The van der Waals surface area contributed by atoms with Crippen LogP contribution in [0.15, 0.2) is 65.9 Å². The summed E-state index contributed by atoms with van der Waals surface area (Å²) in [5, 5.41) is 11.8. The number of fused-ring (bicyclic) bond motifs is 1. The van der Waals surface area contributed by atoms with E-state index in [1.165, 1.54) is 29.1 Å². The van der Waals surface area contributed by atoms with Gasteiger partial charge >= 0.3 is 0 Å². The second-order valence-electron chi connectivity index (χ2n) is 7.82. The number of aliphatic hydroxyl groups is 1. The molecule has 4 heteroatoms. The number of nitrogens with one attached hydrogen (secondary N) is 2. The third kappa shape index (κ3) is 3.88. The molecule has 0 saturated heterocycles. The van der Waals surface area contributed by atoms with Crippen LogP contribution in [0.2, 0.25) is 0 Å². The fourth-order valence-electron chi connectivity index (χ4n) is 4.46. The number of rotatable bonds is 5. The summed E-state index contributed by atoms with van der Waals surface area (Å²) in [6, 6.07) is 18.5. The summed E-state index contributed by atoms with van der Waals surface area (Å²) in [6.45, 7) is 4.34. The number of allylic oxidation sites excluding steroid dienone is 2. The molecule has 1 heterocycles. The van der Waals surface area contributed by atoms with Crippen molar-refractivity contribution in [3.8, 4) is 0 Å². The number of aryl methyl sites for hydroxylation is 1. The summed E-state index contributed by atoms with van der Waals surface area (Å²) < 4.78 is 0. The number of H-pyrrole nitrogens is 1. The van der Waals surface area contributed by atoms with Gasteiger partial charge in [0.15, 0.2) is 11.5 Å². The number of aliphatic hydroxyl groups excluding tert-OH is 1. The summed E-state index contributed by atoms with van der Waals surface area (Å²) in [5.74, 6) is 0.291. The number of para-hydroxylation sites is 1. The number of hydrogen-bond donors (Lipinski definition) is 3. The Kier molecular flexibility index (Phi) is 5.34. The zero-order chi connectivity index (χ0) is 20.4. The van der Waals surface area contributed by atoms with Gasteiger partial charge in [0, 0.05) is 41.8 Å². The summed E-state index contributed by atoms with van der Waals surface area (Å²) in [7, 11) is 0. The van der Waals surface area contributed by atoms with Gasteiger partial charge in [0.1, 0.15) is 17.9 Å². The molecule has 1 atom stereocenters. The molecule has 0 radical (unpaired) electrons. The molecule has 0 amide bonds. The topological polar surface area (TPSA) is 67.1 Å². The minimum atomic E-state index is -0.0835. The molecule has 4 nitrogen and oxygen atoms in total. The van der Waals surface area contributed by atoms with Crippen LogP contribution in [0.4, 0.5) is 0 Å². The van der Waals surface area contributed by atoms with Crippen molar-refractivity contribution in [2.24, 2.45) is 0 Å². The summed E-state index contributed by atoms with van der Waals surface area (Å²) in [4.78, 5) is 19.1. The van der Waals surface area contributed by atoms with Crippen LogP contribution in [0.3, 0.4) is 0 Å². The Morgan fingerprint density at radius 1 is 1.10 bits per heavy atom. The minimum absolute atomic E-state index is 0.0835. The Balaban J connectivity index is 1.60. The highest BCUT2D eigenvalue weighted by atomic mass is 16.3. The van der Waals surface area contributed by atoms with E-state index in [1.807, 2.05) is 24.3 Å². The molecule has 4 rings (SSSR count). The third-order valence-corrected chi connectivity index (χ3v) is 5.84. The molecule has 1 aliphatic rings. The maximum Gasteiger partial charge on any atom is 0.189 e. The molecule has 3 aromatic rings. The molecular weight excluding hydrogens is 360 g/mol. The average Bonchev–Trinajstić information content (AvgIpc) is 3.03. The molecule has 1 aliphatic carbocycles. The van der Waals surface area contributed by atoms with Crippen molar-refractivity contribution >= 4 is 22.4 Å². The lowest BCUT2D eigenvalue weighted by Crippen LogP contribution is -2.75. The fraction of sp³-hybridized carbons (Fsp3) is 0.280. The molecule has 3 N–H and O–H groups in total. The van der Waals surface area contributed by atoms with E-state index in [9.17, 15) is 9.90 Å². The average molecular weight is 388 g/mol. The van der Waals surface area contributed by atoms with Gasteiger partial charge in [-0.05, 0) is 31.0 Å². The van der Waals surface area contributed by atoms with Crippen LogP contribution < -0.4 is 4.99 Å². The SMILES string of the molecule is CC(=O)C1=C(O)C[C@@H](c2ccccc2)CC1=[NH+]CCc1c(C)[nH]c2ccccc12. The molecule has 0 saturated carbocycles. The van der Waals surface area contributed by atoms with Gasteiger partial charge in [-0.25, -0.2) is 4.99 Å². The van der Waals surface area contributed by atoms with Gasteiger partial charge in [0.2, 0.25) is 0 Å². The van der Waals surface area contributed by atoms with Gasteiger partial charge in [0.05, 0.1) is 0 Å². The van der Waals surface area contributed by atoms with E-state index in [0.29, 0.717) is 18.5 Å². The van der Waals surface area contributed by atoms with Crippen molar-refractivity contribution in [3.05, 3.63) is 82.8 Å². The highest BCUT2D eigenvalue weighted by Crippen LogP contribution is 2.33. The first-order valence-electron chi connectivity index (χ1n) is 10.2. The summed E-state index contributed by atoms with van der Waals surface area (Å²) in [5.41, 5.74) is 6.13. The van der Waals surface area contributed by atoms with Crippen LogP contribution in [0, 0.1) is 6.92 Å². The Morgan fingerprint density at radius 3 is 2.59 bits per heavy atom. The first-order chi connectivity index (χ1) is 14.0. The number of carbonyl (C=O) groups is 1. The lowest BCUT2D eigenvalue weighted by atomic mass is 9.81. The molecule has 0 fully saturated rings. The van der Waals surface area contributed by atoms with Crippen LogP contribution in [0.5, 0.6) is 0 Å². The number of hydrogen-bond acceptors (Lipinski definition) is 2. The molecule has 29 heavy (non-hydrogen) atoms. The predicted octanol–water partition coefficient (Wildman–Crippen LogP) is 3.52. The highest BCUT2D eigenvalue weighted by Gasteiger charge is 2.32. The van der Waals surface area contributed by atoms with E-state index >= 15 is 0 Å². The third-order valence-electron chi connectivity index (χ3n) is 5.84. The largest absolute Gasteiger partial charge is 0.511 e. The number of carbonyl (C=O) groups excluding carboxylic acids is 1. The Hall–Kier alpha value is -3.14. The number of aromatic nitrogens is 1. The van der Waals surface area contributed by atoms with E-state index in [-0.39, 0.29) is 17.5 Å². The van der Waals surface area contributed by atoms with Crippen LogP contribution in [-0.4, -0.2) is 28.1 Å². The zero-order valence-corrected chi connectivity index (χ0v) is 17.0. The molecule has 148 valence electrons. The molecule has 0 unspecified atom stereocenters. The summed E-state index contributed by atoms with van der Waals surface area (Å²) in [6.07, 6.45) is 2.09. The van der Waals surface area contributed by atoms with Gasteiger partial charge in [0.25, 0.3) is 0 Å². The Morgan fingerprint density at radius 2 is 1.83 bits per heavy atom. The minimum Gasteiger partial charge on any atom is -0.511 e. The number of ketones is 1. The maximum absolute atomic E-state index is 12.2. The summed E-state index contributed by atoms with van der Waals surface area (Å²) >= 11 is 0. The molecule has 0 spiro atoms. The first kappa shape index (κ1) is 19.2. The number of benzene rings is 2. The zero-order valence-electron chi connectivity index (χ0n) is 17.0. The smallest absolute Gasteiger partial charge is 0.189 e. The normalized spacial score (nSPS) is 18.6. The Labute approximate surface area is 171 Å².